The van der Waals surface area contributed by atoms with Crippen LogP contribution in [0.25, 0.3) is 0 Å². The second-order valence-corrected chi connectivity index (χ2v) is 5.89. The highest BCUT2D eigenvalue weighted by atomic mass is 35.5. The van der Waals surface area contributed by atoms with Gasteiger partial charge >= 0.3 is 6.18 Å². The van der Waals surface area contributed by atoms with Crippen LogP contribution < -0.4 is 14.6 Å². The standard InChI is InChI=1S/C18H12ClF3N4O3/c1-28-12-4-5-15(14(19)9-12)29-26(11-6-8-24-25-10-11)17(27)13-3-2-7-23-16(13)18(20,21)22/h2-10H,1H3. The highest BCUT2D eigenvalue weighted by Crippen LogP contribution is 2.33. The Balaban J connectivity index is 2.05. The van der Waals surface area contributed by atoms with Gasteiger partial charge in [-0.3, -0.25) is 9.78 Å². The molecule has 0 aliphatic rings. The van der Waals surface area contributed by atoms with Crippen molar-refractivity contribution in [2.45, 2.75) is 6.18 Å². The third kappa shape index (κ3) is 4.54. The maximum absolute atomic E-state index is 13.3. The molecule has 0 saturated heterocycles. The van der Waals surface area contributed by atoms with Crippen molar-refractivity contribution in [3.63, 3.8) is 0 Å². The molecule has 0 atom stereocenters. The van der Waals surface area contributed by atoms with Gasteiger partial charge in [-0.2, -0.15) is 23.4 Å². The van der Waals surface area contributed by atoms with Crippen LogP contribution in [0.1, 0.15) is 16.1 Å². The summed E-state index contributed by atoms with van der Waals surface area (Å²) in [5, 5.41) is 7.92. The van der Waals surface area contributed by atoms with Crippen LogP contribution in [0.5, 0.6) is 11.5 Å². The van der Waals surface area contributed by atoms with Crippen LogP contribution in [0.2, 0.25) is 5.02 Å². The minimum Gasteiger partial charge on any atom is -0.497 e. The molecule has 150 valence electrons. The summed E-state index contributed by atoms with van der Waals surface area (Å²) >= 11 is 6.13. The average molecular weight is 425 g/mol. The Kier molecular flexibility index (Phi) is 5.83. The number of alkyl halides is 3. The molecule has 29 heavy (non-hydrogen) atoms. The molecule has 11 heteroatoms. The van der Waals surface area contributed by atoms with E-state index in [0.29, 0.717) is 10.8 Å². The molecule has 7 nitrogen and oxygen atoms in total. The van der Waals surface area contributed by atoms with Gasteiger partial charge in [0.05, 0.1) is 30.1 Å². The first-order chi connectivity index (χ1) is 13.8. The highest BCUT2D eigenvalue weighted by molar-refractivity contribution is 6.32. The summed E-state index contributed by atoms with van der Waals surface area (Å²) in [4.78, 5) is 21.8. The number of benzene rings is 1. The van der Waals surface area contributed by atoms with Crippen LogP contribution in [0.15, 0.2) is 55.0 Å². The van der Waals surface area contributed by atoms with Crippen molar-refractivity contribution in [1.29, 1.82) is 0 Å². The second kappa shape index (κ2) is 8.31. The van der Waals surface area contributed by atoms with E-state index >= 15 is 0 Å². The van der Waals surface area contributed by atoms with Crippen molar-refractivity contribution in [1.82, 2.24) is 15.2 Å². The molecular formula is C18H12ClF3N4O3. The lowest BCUT2D eigenvalue weighted by Gasteiger charge is -2.23. The van der Waals surface area contributed by atoms with E-state index in [2.05, 4.69) is 15.2 Å². The van der Waals surface area contributed by atoms with Crippen molar-refractivity contribution < 1.29 is 27.5 Å². The van der Waals surface area contributed by atoms with Crippen molar-refractivity contribution in [3.05, 3.63) is 71.3 Å². The van der Waals surface area contributed by atoms with Gasteiger partial charge in [0, 0.05) is 12.3 Å². The lowest BCUT2D eigenvalue weighted by atomic mass is 10.1. The van der Waals surface area contributed by atoms with Gasteiger partial charge in [-0.15, -0.1) is 5.06 Å². The second-order valence-electron chi connectivity index (χ2n) is 5.49. The number of anilines is 1. The van der Waals surface area contributed by atoms with Gasteiger partial charge in [0.25, 0.3) is 5.91 Å². The van der Waals surface area contributed by atoms with E-state index in [9.17, 15) is 18.0 Å². The number of carbonyl (C=O) groups is 1. The van der Waals surface area contributed by atoms with Gasteiger partial charge in [0.1, 0.15) is 11.4 Å². The quantitative estimate of drug-likeness (QED) is 0.571. The van der Waals surface area contributed by atoms with Crippen LogP contribution in [0, 0.1) is 0 Å². The van der Waals surface area contributed by atoms with Crippen LogP contribution in [-0.4, -0.2) is 28.2 Å². The molecule has 1 aromatic carbocycles. The molecule has 0 fully saturated rings. The number of hydrogen-bond donors (Lipinski definition) is 0. The zero-order valence-corrected chi connectivity index (χ0v) is 15.5. The molecule has 0 unspecified atom stereocenters. The summed E-state index contributed by atoms with van der Waals surface area (Å²) in [5.41, 5.74) is -2.02. The zero-order valence-electron chi connectivity index (χ0n) is 14.7. The molecule has 0 N–H and O–H groups in total. The third-order valence-corrected chi connectivity index (χ3v) is 3.92. The van der Waals surface area contributed by atoms with Crippen LogP contribution in [-0.2, 0) is 6.18 Å². The number of hydroxylamine groups is 1. The Morgan fingerprint density at radius 1 is 1.14 bits per heavy atom. The number of amides is 1. The van der Waals surface area contributed by atoms with E-state index in [4.69, 9.17) is 21.2 Å². The fourth-order valence-electron chi connectivity index (χ4n) is 2.31. The maximum atomic E-state index is 13.3. The Morgan fingerprint density at radius 3 is 2.55 bits per heavy atom. The van der Waals surface area contributed by atoms with E-state index in [1.807, 2.05) is 0 Å². The van der Waals surface area contributed by atoms with E-state index < -0.39 is 23.3 Å². The maximum Gasteiger partial charge on any atom is 0.434 e. The van der Waals surface area contributed by atoms with Gasteiger partial charge in [0.15, 0.2) is 11.4 Å². The Morgan fingerprint density at radius 2 is 1.93 bits per heavy atom. The van der Waals surface area contributed by atoms with E-state index in [-0.39, 0.29) is 16.5 Å². The number of methoxy groups -OCH3 is 1. The number of nitrogens with zero attached hydrogens (tertiary/aromatic N) is 4. The molecule has 2 heterocycles. The van der Waals surface area contributed by atoms with Crippen LogP contribution in [0.3, 0.4) is 0 Å². The fraction of sp³-hybridized carbons (Fsp3) is 0.111. The smallest absolute Gasteiger partial charge is 0.434 e. The SMILES string of the molecule is COc1ccc(ON(C(=O)c2cccnc2C(F)(F)F)c2ccnnc2)c(Cl)c1. The minimum absolute atomic E-state index is 0.00933. The van der Waals surface area contributed by atoms with Gasteiger partial charge in [-0.05, 0) is 30.3 Å². The molecular weight excluding hydrogens is 413 g/mol. The number of aromatic nitrogens is 3. The molecule has 0 aliphatic heterocycles. The van der Waals surface area contributed by atoms with Crippen molar-refractivity contribution in [3.8, 4) is 11.5 Å². The predicted molar refractivity (Wildman–Crippen MR) is 96.7 cm³/mol. The van der Waals surface area contributed by atoms with Crippen molar-refractivity contribution in [2.24, 2.45) is 0 Å². The zero-order chi connectivity index (χ0) is 21.0. The molecule has 0 radical (unpaired) electrons. The minimum atomic E-state index is -4.84. The number of hydrogen-bond acceptors (Lipinski definition) is 6. The first kappa shape index (κ1) is 20.3. The van der Waals surface area contributed by atoms with Gasteiger partial charge in [0.2, 0.25) is 0 Å². The van der Waals surface area contributed by atoms with Crippen LogP contribution >= 0.6 is 11.6 Å². The summed E-state index contributed by atoms with van der Waals surface area (Å²) in [5.74, 6) is -0.683. The Hall–Kier alpha value is -3.40. The van der Waals surface area contributed by atoms with Gasteiger partial charge < -0.3 is 9.57 Å². The molecule has 0 saturated carbocycles. The lowest BCUT2D eigenvalue weighted by molar-refractivity contribution is -0.141. The molecule has 3 aromatic rings. The first-order valence-corrected chi connectivity index (χ1v) is 8.34. The summed E-state index contributed by atoms with van der Waals surface area (Å²) < 4.78 is 45.0. The van der Waals surface area contributed by atoms with Gasteiger partial charge in [-0.1, -0.05) is 11.6 Å². The van der Waals surface area contributed by atoms with Crippen LogP contribution in [0.4, 0.5) is 18.9 Å². The predicted octanol–water partition coefficient (Wildman–Crippen LogP) is 4.19. The Bertz CT molecular complexity index is 1020. The lowest BCUT2D eigenvalue weighted by Crippen LogP contribution is -2.36. The average Bonchev–Trinajstić information content (AvgIpc) is 2.72. The highest BCUT2D eigenvalue weighted by Gasteiger charge is 2.38. The van der Waals surface area contributed by atoms with Crippen molar-refractivity contribution in [2.75, 3.05) is 12.2 Å². The first-order valence-electron chi connectivity index (χ1n) is 7.96. The molecule has 0 aliphatic carbocycles. The molecule has 0 spiro atoms. The Labute approximate surface area is 167 Å². The van der Waals surface area contributed by atoms with E-state index in [0.717, 1.165) is 18.5 Å². The third-order valence-electron chi connectivity index (χ3n) is 3.62. The number of halogens is 4. The molecule has 0 bridgehead atoms. The number of pyridine rings is 1. The van der Waals surface area contributed by atoms with Gasteiger partial charge in [-0.25, -0.2) is 0 Å². The summed E-state index contributed by atoms with van der Waals surface area (Å²) in [7, 11) is 1.44. The molecule has 1 amide bonds. The summed E-state index contributed by atoms with van der Waals surface area (Å²) in [6, 6.07) is 7.90. The summed E-state index contributed by atoms with van der Waals surface area (Å²) in [6.45, 7) is 0. The number of rotatable bonds is 5. The summed E-state index contributed by atoms with van der Waals surface area (Å²) in [6.07, 6.45) is -1.49. The molecule has 3 rings (SSSR count). The number of carbonyl (C=O) groups excluding carboxylic acids is 1. The van der Waals surface area contributed by atoms with E-state index in [1.54, 1.807) is 0 Å². The van der Waals surface area contributed by atoms with Crippen molar-refractivity contribution >= 4 is 23.2 Å². The fourth-order valence-corrected chi connectivity index (χ4v) is 2.51. The largest absolute Gasteiger partial charge is 0.497 e. The number of ether oxygens (including phenoxy) is 1. The van der Waals surface area contributed by atoms with E-state index in [1.165, 1.54) is 43.6 Å². The molecule has 2 aromatic heterocycles. The monoisotopic (exact) mass is 424 g/mol. The topological polar surface area (TPSA) is 77.4 Å². The normalized spacial score (nSPS) is 11.1.